The molecule has 0 aliphatic rings. The van der Waals surface area contributed by atoms with Crippen LogP contribution in [-0.2, 0) is 14.9 Å². The van der Waals surface area contributed by atoms with Gasteiger partial charge in [-0.25, -0.2) is 0 Å². The second kappa shape index (κ2) is 10.9. The van der Waals surface area contributed by atoms with Crippen LogP contribution in [0.25, 0.3) is 0 Å². The molecule has 6 nitrogen and oxygen atoms in total. The first-order valence-corrected chi connectivity index (χ1v) is 9.38. The molecule has 0 aliphatic heterocycles. The van der Waals surface area contributed by atoms with Gasteiger partial charge in [-0.1, -0.05) is 31.2 Å². The molecule has 0 aliphatic carbocycles. The predicted octanol–water partition coefficient (Wildman–Crippen LogP) is 3.97. The van der Waals surface area contributed by atoms with Crippen LogP contribution in [0, 0.1) is 0 Å². The van der Waals surface area contributed by atoms with E-state index in [4.69, 9.17) is 18.9 Å². The number of phenols is 1. The molecule has 2 N–H and O–H groups in total. The minimum absolute atomic E-state index is 0.0979. The summed E-state index contributed by atoms with van der Waals surface area (Å²) in [7, 11) is 3.10. The van der Waals surface area contributed by atoms with E-state index in [1.54, 1.807) is 25.3 Å². The number of aliphatic hydroxyl groups excluding tert-OH is 1. The number of benzene rings is 2. The van der Waals surface area contributed by atoms with Gasteiger partial charge in [0.05, 0.1) is 6.61 Å². The van der Waals surface area contributed by atoms with Gasteiger partial charge in [-0.15, -0.1) is 6.58 Å². The lowest BCUT2D eigenvalue weighted by Crippen LogP contribution is -2.34. The van der Waals surface area contributed by atoms with Crippen LogP contribution in [0.1, 0.15) is 30.4 Å². The SMILES string of the molecule is C=CC[C@H](c1ccc(OCOC)cc1O)[C@](C)(CO)c1ccc(OCOC)cc1. The second-order valence-corrected chi connectivity index (χ2v) is 7.00. The number of aliphatic hydroxyl groups is 1. The van der Waals surface area contributed by atoms with E-state index in [1.807, 2.05) is 37.3 Å². The van der Waals surface area contributed by atoms with Gasteiger partial charge < -0.3 is 29.2 Å². The number of methoxy groups -OCH3 is 2. The maximum atomic E-state index is 10.7. The molecule has 0 aromatic heterocycles. The van der Waals surface area contributed by atoms with Gasteiger partial charge in [0.1, 0.15) is 17.2 Å². The van der Waals surface area contributed by atoms with Gasteiger partial charge in [-0.05, 0) is 35.7 Å². The summed E-state index contributed by atoms with van der Waals surface area (Å²) in [6, 6.07) is 12.7. The summed E-state index contributed by atoms with van der Waals surface area (Å²) in [5.41, 5.74) is 0.988. The van der Waals surface area contributed by atoms with Crippen LogP contribution < -0.4 is 9.47 Å². The molecule has 0 radical (unpaired) electrons. The van der Waals surface area contributed by atoms with Crippen molar-refractivity contribution in [2.45, 2.75) is 24.7 Å². The van der Waals surface area contributed by atoms with Crippen molar-refractivity contribution in [2.75, 3.05) is 34.4 Å². The average Bonchev–Trinajstić information content (AvgIpc) is 2.75. The van der Waals surface area contributed by atoms with Gasteiger partial charge in [-0.3, -0.25) is 0 Å². The Morgan fingerprint density at radius 2 is 1.59 bits per heavy atom. The normalized spacial score (nSPS) is 14.1. The first-order valence-electron chi connectivity index (χ1n) is 9.38. The van der Waals surface area contributed by atoms with E-state index in [0.717, 1.165) is 5.56 Å². The minimum Gasteiger partial charge on any atom is -0.508 e. The number of rotatable bonds is 12. The van der Waals surface area contributed by atoms with Crippen LogP contribution in [0.2, 0.25) is 0 Å². The Bertz CT molecular complexity index is 773. The van der Waals surface area contributed by atoms with E-state index < -0.39 is 5.41 Å². The van der Waals surface area contributed by atoms with Gasteiger partial charge in [0, 0.05) is 31.6 Å². The Morgan fingerprint density at radius 1 is 1.00 bits per heavy atom. The van der Waals surface area contributed by atoms with Crippen molar-refractivity contribution >= 4 is 0 Å². The quantitative estimate of drug-likeness (QED) is 0.413. The van der Waals surface area contributed by atoms with Gasteiger partial charge >= 0.3 is 0 Å². The number of allylic oxidation sites excluding steroid dienone is 1. The van der Waals surface area contributed by atoms with Crippen molar-refractivity contribution in [1.29, 1.82) is 0 Å². The molecule has 0 fully saturated rings. The Kier molecular flexibility index (Phi) is 8.51. The van der Waals surface area contributed by atoms with E-state index in [1.165, 1.54) is 7.11 Å². The molecule has 0 bridgehead atoms. The molecule has 2 atom stereocenters. The summed E-state index contributed by atoms with van der Waals surface area (Å²) < 4.78 is 20.7. The zero-order valence-corrected chi connectivity index (χ0v) is 17.3. The molecule has 0 unspecified atom stereocenters. The number of ether oxygens (including phenoxy) is 4. The highest BCUT2D eigenvalue weighted by Crippen LogP contribution is 2.45. The third kappa shape index (κ3) is 5.50. The Labute approximate surface area is 172 Å². The van der Waals surface area contributed by atoms with E-state index in [9.17, 15) is 10.2 Å². The summed E-state index contributed by atoms with van der Waals surface area (Å²) in [5.74, 6) is 1.09. The van der Waals surface area contributed by atoms with E-state index in [-0.39, 0.29) is 31.9 Å². The van der Waals surface area contributed by atoms with Crippen molar-refractivity contribution in [3.05, 3.63) is 66.2 Å². The van der Waals surface area contributed by atoms with Crippen molar-refractivity contribution < 1.29 is 29.2 Å². The second-order valence-electron chi connectivity index (χ2n) is 7.00. The Morgan fingerprint density at radius 3 is 2.10 bits per heavy atom. The van der Waals surface area contributed by atoms with Gasteiger partial charge in [0.15, 0.2) is 13.6 Å². The van der Waals surface area contributed by atoms with Crippen molar-refractivity contribution in [1.82, 2.24) is 0 Å². The lowest BCUT2D eigenvalue weighted by atomic mass is 9.68. The monoisotopic (exact) mass is 402 g/mol. The predicted molar refractivity (Wildman–Crippen MR) is 112 cm³/mol. The number of phenolic OH excluding ortho intramolecular Hbond substituents is 1. The smallest absolute Gasteiger partial charge is 0.188 e. The fourth-order valence-corrected chi connectivity index (χ4v) is 3.39. The fourth-order valence-electron chi connectivity index (χ4n) is 3.39. The van der Waals surface area contributed by atoms with Crippen LogP contribution >= 0.6 is 0 Å². The van der Waals surface area contributed by atoms with Crippen LogP contribution in [0.15, 0.2) is 55.1 Å². The van der Waals surface area contributed by atoms with E-state index >= 15 is 0 Å². The van der Waals surface area contributed by atoms with Crippen molar-refractivity contribution in [2.24, 2.45) is 0 Å². The Hall–Kier alpha value is -2.54. The number of hydrogen-bond acceptors (Lipinski definition) is 6. The number of aromatic hydroxyl groups is 1. The fraction of sp³-hybridized carbons (Fsp3) is 0.391. The molecule has 158 valence electrons. The zero-order valence-electron chi connectivity index (χ0n) is 17.3. The summed E-state index contributed by atoms with van der Waals surface area (Å²) in [6.45, 7) is 6.00. The molecule has 6 heteroatoms. The van der Waals surface area contributed by atoms with Crippen LogP contribution in [0.5, 0.6) is 17.2 Å². The number of hydrogen-bond donors (Lipinski definition) is 2. The highest BCUT2D eigenvalue weighted by atomic mass is 16.7. The van der Waals surface area contributed by atoms with Crippen LogP contribution in [0.4, 0.5) is 0 Å². The molecule has 0 spiro atoms. The summed E-state index contributed by atoms with van der Waals surface area (Å²) in [6.07, 6.45) is 2.37. The standard InChI is InChI=1S/C23H30O6/c1-5-6-21(20-12-11-19(13-22(20)25)29-16-27-4)23(2,14-24)17-7-9-18(10-8-17)28-15-26-3/h5,7-13,21,24-25H,1,6,14-16H2,2-4H3/t21-,23-/m1/s1. The molecule has 29 heavy (non-hydrogen) atoms. The lowest BCUT2D eigenvalue weighted by Gasteiger charge is -2.37. The van der Waals surface area contributed by atoms with Gasteiger partial charge in [-0.2, -0.15) is 0 Å². The van der Waals surface area contributed by atoms with E-state index in [2.05, 4.69) is 6.58 Å². The summed E-state index contributed by atoms with van der Waals surface area (Å²) in [4.78, 5) is 0. The van der Waals surface area contributed by atoms with Crippen molar-refractivity contribution in [3.8, 4) is 17.2 Å². The van der Waals surface area contributed by atoms with E-state index in [0.29, 0.717) is 23.5 Å². The van der Waals surface area contributed by atoms with Crippen LogP contribution in [0.3, 0.4) is 0 Å². The first-order chi connectivity index (χ1) is 14.0. The lowest BCUT2D eigenvalue weighted by molar-refractivity contribution is 0.0508. The molecule has 2 aromatic rings. The molecule has 0 saturated carbocycles. The molecule has 2 rings (SSSR count). The van der Waals surface area contributed by atoms with Gasteiger partial charge in [0.25, 0.3) is 0 Å². The molecular weight excluding hydrogens is 372 g/mol. The van der Waals surface area contributed by atoms with Crippen molar-refractivity contribution in [3.63, 3.8) is 0 Å². The summed E-state index contributed by atoms with van der Waals surface area (Å²) in [5, 5.41) is 21.0. The molecular formula is C23H30O6. The minimum atomic E-state index is -0.652. The average molecular weight is 402 g/mol. The largest absolute Gasteiger partial charge is 0.508 e. The zero-order chi connectivity index (χ0) is 21.3. The third-order valence-electron chi connectivity index (χ3n) is 5.08. The van der Waals surface area contributed by atoms with Gasteiger partial charge in [0.2, 0.25) is 0 Å². The Balaban J connectivity index is 2.38. The first kappa shape index (κ1) is 22.7. The highest BCUT2D eigenvalue weighted by molar-refractivity contribution is 5.46. The van der Waals surface area contributed by atoms with Crippen LogP contribution in [-0.4, -0.2) is 44.6 Å². The maximum Gasteiger partial charge on any atom is 0.188 e. The summed E-state index contributed by atoms with van der Waals surface area (Å²) >= 11 is 0. The maximum absolute atomic E-state index is 10.7. The molecule has 0 amide bonds. The molecule has 0 saturated heterocycles. The molecule has 2 aromatic carbocycles. The topological polar surface area (TPSA) is 77.4 Å². The molecule has 0 heterocycles. The highest BCUT2D eigenvalue weighted by Gasteiger charge is 2.37. The third-order valence-corrected chi connectivity index (χ3v) is 5.08.